The third kappa shape index (κ3) is 4.15. The lowest BCUT2D eigenvalue weighted by Crippen LogP contribution is -2.32. The van der Waals surface area contributed by atoms with Crippen molar-refractivity contribution >= 4 is 80.4 Å². The molecule has 0 spiro atoms. The van der Waals surface area contributed by atoms with Crippen molar-refractivity contribution in [1.29, 1.82) is 0 Å². The van der Waals surface area contributed by atoms with Gasteiger partial charge in [-0.05, 0) is 36.4 Å². The SMILES string of the molecule is O=C(Nc1nccs1)c1ccc(NC2=C(Cl)C(=O)N(c3cccc(Cl)c3Cl)C2=O)cc1. The molecule has 0 unspecified atom stereocenters. The van der Waals surface area contributed by atoms with Crippen molar-refractivity contribution in [1.82, 2.24) is 4.98 Å². The van der Waals surface area contributed by atoms with Gasteiger partial charge in [0.2, 0.25) is 0 Å². The molecule has 11 heteroatoms. The van der Waals surface area contributed by atoms with E-state index in [-0.39, 0.29) is 32.4 Å². The van der Waals surface area contributed by atoms with E-state index >= 15 is 0 Å². The Hall–Kier alpha value is -2.91. The number of benzene rings is 2. The Labute approximate surface area is 195 Å². The Bertz CT molecular complexity index is 1230. The van der Waals surface area contributed by atoms with Gasteiger partial charge < -0.3 is 5.32 Å². The van der Waals surface area contributed by atoms with Crippen LogP contribution in [0.3, 0.4) is 0 Å². The number of imide groups is 1. The molecule has 0 bridgehead atoms. The first-order valence-corrected chi connectivity index (χ1v) is 10.7. The molecule has 2 N–H and O–H groups in total. The highest BCUT2D eigenvalue weighted by atomic mass is 35.5. The minimum absolute atomic E-state index is 0.0622. The van der Waals surface area contributed by atoms with Gasteiger partial charge in [-0.25, -0.2) is 9.88 Å². The predicted octanol–water partition coefficient (Wildman–Crippen LogP) is 5.14. The van der Waals surface area contributed by atoms with Gasteiger partial charge in [-0.1, -0.05) is 40.9 Å². The van der Waals surface area contributed by atoms with E-state index in [0.29, 0.717) is 16.4 Å². The lowest BCUT2D eigenvalue weighted by molar-refractivity contribution is -0.120. The molecule has 0 aliphatic carbocycles. The van der Waals surface area contributed by atoms with Crippen molar-refractivity contribution in [3.63, 3.8) is 0 Å². The van der Waals surface area contributed by atoms with Gasteiger partial charge in [0.25, 0.3) is 17.7 Å². The zero-order valence-electron chi connectivity index (χ0n) is 15.4. The zero-order valence-corrected chi connectivity index (χ0v) is 18.4. The molecule has 2 aromatic carbocycles. The normalized spacial score (nSPS) is 13.7. The first-order chi connectivity index (χ1) is 14.9. The smallest absolute Gasteiger partial charge is 0.283 e. The standard InChI is InChI=1S/C20H11Cl3N4O3S/c21-12-2-1-3-13(14(12)22)27-18(29)15(23)16(19(27)30)25-11-6-4-10(5-7-11)17(28)26-20-24-8-9-31-20/h1-9,25H,(H,24,26,28). The molecule has 156 valence electrons. The molecular formula is C20H11Cl3N4O3S. The van der Waals surface area contributed by atoms with Crippen molar-refractivity contribution in [3.05, 3.63) is 80.4 Å². The summed E-state index contributed by atoms with van der Waals surface area (Å²) in [7, 11) is 0. The number of amides is 3. The van der Waals surface area contributed by atoms with E-state index in [0.717, 1.165) is 4.90 Å². The minimum Gasteiger partial charge on any atom is -0.350 e. The topological polar surface area (TPSA) is 91.4 Å². The minimum atomic E-state index is -0.724. The van der Waals surface area contributed by atoms with Gasteiger partial charge in [0.1, 0.15) is 10.7 Å². The molecule has 31 heavy (non-hydrogen) atoms. The molecule has 0 saturated carbocycles. The molecule has 0 radical (unpaired) electrons. The van der Waals surface area contributed by atoms with Crippen LogP contribution >= 0.6 is 46.1 Å². The highest BCUT2D eigenvalue weighted by molar-refractivity contribution is 7.13. The molecule has 7 nitrogen and oxygen atoms in total. The Morgan fingerprint density at radius 3 is 2.42 bits per heavy atom. The number of anilines is 3. The van der Waals surface area contributed by atoms with E-state index in [9.17, 15) is 14.4 Å². The van der Waals surface area contributed by atoms with Gasteiger partial charge in [-0.2, -0.15) is 0 Å². The number of nitrogens with one attached hydrogen (secondary N) is 2. The maximum Gasteiger partial charge on any atom is 0.283 e. The highest BCUT2D eigenvalue weighted by Gasteiger charge is 2.40. The van der Waals surface area contributed by atoms with Crippen LogP contribution < -0.4 is 15.5 Å². The van der Waals surface area contributed by atoms with Crippen LogP contribution in [0.25, 0.3) is 0 Å². The second-order valence-electron chi connectivity index (χ2n) is 6.20. The summed E-state index contributed by atoms with van der Waals surface area (Å²) in [4.78, 5) is 42.6. The Balaban J connectivity index is 1.52. The first-order valence-electron chi connectivity index (χ1n) is 8.67. The third-order valence-electron chi connectivity index (χ3n) is 4.27. The fourth-order valence-electron chi connectivity index (χ4n) is 2.80. The Morgan fingerprint density at radius 2 is 1.74 bits per heavy atom. The van der Waals surface area contributed by atoms with Crippen LogP contribution in [-0.2, 0) is 9.59 Å². The quantitative estimate of drug-likeness (QED) is 0.480. The number of hydrogen-bond donors (Lipinski definition) is 2. The van der Waals surface area contributed by atoms with E-state index in [1.807, 2.05) is 0 Å². The zero-order chi connectivity index (χ0) is 22.1. The number of carbonyl (C=O) groups excluding carboxylic acids is 3. The van der Waals surface area contributed by atoms with E-state index < -0.39 is 11.8 Å². The van der Waals surface area contributed by atoms with Crippen LogP contribution in [0.2, 0.25) is 10.0 Å². The van der Waals surface area contributed by atoms with Crippen LogP contribution in [0, 0.1) is 0 Å². The van der Waals surface area contributed by atoms with Crippen molar-refractivity contribution in [2.45, 2.75) is 0 Å². The summed E-state index contributed by atoms with van der Waals surface area (Å²) in [6.45, 7) is 0. The predicted molar refractivity (Wildman–Crippen MR) is 122 cm³/mol. The van der Waals surface area contributed by atoms with Crippen LogP contribution in [-0.4, -0.2) is 22.7 Å². The molecule has 3 aromatic rings. The average molecular weight is 494 g/mol. The van der Waals surface area contributed by atoms with Crippen molar-refractivity contribution in [2.24, 2.45) is 0 Å². The van der Waals surface area contributed by atoms with Gasteiger partial charge in [0.15, 0.2) is 5.13 Å². The third-order valence-corrected chi connectivity index (χ3v) is 6.12. The summed E-state index contributed by atoms with van der Waals surface area (Å²) in [6, 6.07) is 10.9. The fraction of sp³-hybridized carbons (Fsp3) is 0. The number of rotatable bonds is 5. The molecule has 1 aliphatic heterocycles. The number of aromatic nitrogens is 1. The molecule has 3 amide bonds. The van der Waals surface area contributed by atoms with E-state index in [4.69, 9.17) is 34.8 Å². The van der Waals surface area contributed by atoms with Crippen LogP contribution in [0.15, 0.2) is 64.8 Å². The fourth-order valence-corrected chi connectivity index (χ4v) is 3.92. The number of halogens is 3. The van der Waals surface area contributed by atoms with Gasteiger partial charge in [0.05, 0.1) is 15.7 Å². The largest absolute Gasteiger partial charge is 0.350 e. The molecule has 0 fully saturated rings. The van der Waals surface area contributed by atoms with Gasteiger partial charge >= 0.3 is 0 Å². The lowest BCUT2D eigenvalue weighted by atomic mass is 10.2. The summed E-state index contributed by atoms with van der Waals surface area (Å²) in [5.41, 5.74) is 0.872. The van der Waals surface area contributed by atoms with Crippen molar-refractivity contribution in [3.8, 4) is 0 Å². The maximum atomic E-state index is 12.9. The summed E-state index contributed by atoms with van der Waals surface area (Å²) >= 11 is 19.6. The van der Waals surface area contributed by atoms with Crippen molar-refractivity contribution < 1.29 is 14.4 Å². The second-order valence-corrected chi connectivity index (χ2v) is 8.26. The summed E-state index contributed by atoms with van der Waals surface area (Å²) < 4.78 is 0. The number of carbonyl (C=O) groups is 3. The Morgan fingerprint density at radius 1 is 1.00 bits per heavy atom. The van der Waals surface area contributed by atoms with Gasteiger partial charge in [0, 0.05) is 22.8 Å². The molecule has 0 atom stereocenters. The summed E-state index contributed by atoms with van der Waals surface area (Å²) in [6.07, 6.45) is 1.59. The lowest BCUT2D eigenvalue weighted by Gasteiger charge is -2.17. The van der Waals surface area contributed by atoms with E-state index in [1.54, 1.807) is 48.0 Å². The summed E-state index contributed by atoms with van der Waals surface area (Å²) in [5, 5.41) is 7.72. The van der Waals surface area contributed by atoms with Crippen LogP contribution in [0.4, 0.5) is 16.5 Å². The molecule has 2 heterocycles. The van der Waals surface area contributed by atoms with Gasteiger partial charge in [-0.3, -0.25) is 19.7 Å². The van der Waals surface area contributed by atoms with Gasteiger partial charge in [-0.15, -0.1) is 11.3 Å². The number of thiazole rings is 1. The monoisotopic (exact) mass is 492 g/mol. The van der Waals surface area contributed by atoms with Crippen LogP contribution in [0.5, 0.6) is 0 Å². The molecule has 4 rings (SSSR count). The maximum absolute atomic E-state index is 12.9. The number of hydrogen-bond acceptors (Lipinski definition) is 6. The second kappa shape index (κ2) is 8.68. The first kappa shape index (κ1) is 21.3. The molecule has 1 aliphatic rings. The number of nitrogens with zero attached hydrogens (tertiary/aromatic N) is 2. The van der Waals surface area contributed by atoms with E-state index in [2.05, 4.69) is 15.6 Å². The Kier molecular flexibility index (Phi) is 5.97. The van der Waals surface area contributed by atoms with Crippen LogP contribution in [0.1, 0.15) is 10.4 Å². The van der Waals surface area contributed by atoms with E-state index in [1.165, 1.54) is 17.4 Å². The molecule has 1 aromatic heterocycles. The average Bonchev–Trinajstić information content (AvgIpc) is 3.34. The molecular weight excluding hydrogens is 483 g/mol. The van der Waals surface area contributed by atoms with Crippen molar-refractivity contribution in [2.75, 3.05) is 15.5 Å². The summed E-state index contributed by atoms with van der Waals surface area (Å²) in [5.74, 6) is -1.73. The highest BCUT2D eigenvalue weighted by Crippen LogP contribution is 2.37. The molecule has 0 saturated heterocycles.